The van der Waals surface area contributed by atoms with E-state index in [0.717, 1.165) is 5.56 Å². The van der Waals surface area contributed by atoms with Crippen molar-refractivity contribution in [1.29, 1.82) is 0 Å². The molecule has 0 aliphatic heterocycles. The number of rotatable bonds is 9. The van der Waals surface area contributed by atoms with Gasteiger partial charge in [0.2, 0.25) is 11.8 Å². The third-order valence-corrected chi connectivity index (χ3v) is 3.66. The van der Waals surface area contributed by atoms with Crippen LogP contribution in [0.2, 0.25) is 0 Å². The van der Waals surface area contributed by atoms with Crippen LogP contribution in [0.25, 0.3) is 0 Å². The van der Waals surface area contributed by atoms with Gasteiger partial charge in [-0.15, -0.1) is 0 Å². The van der Waals surface area contributed by atoms with Crippen LogP contribution in [0.1, 0.15) is 31.7 Å². The number of aromatic nitrogens is 1. The molecule has 0 unspecified atom stereocenters. The molecule has 1 aromatic carbocycles. The van der Waals surface area contributed by atoms with E-state index in [-0.39, 0.29) is 24.0 Å². The predicted molar refractivity (Wildman–Crippen MR) is 100 cm³/mol. The molecule has 1 aromatic heterocycles. The zero-order chi connectivity index (χ0) is 19.8. The second kappa shape index (κ2) is 9.42. The minimum atomic E-state index is -1.09. The van der Waals surface area contributed by atoms with E-state index in [0.29, 0.717) is 24.0 Å². The van der Waals surface area contributed by atoms with Gasteiger partial charge in [0.05, 0.1) is 0 Å². The smallest absolute Gasteiger partial charge is 0.322 e. The lowest BCUT2D eigenvalue weighted by atomic mass is 10.0. The summed E-state index contributed by atoms with van der Waals surface area (Å²) in [5.41, 5.74) is 0.786. The second-order valence-electron chi connectivity index (χ2n) is 6.19. The standard InChI is InChI=1S/C19H23N3O5/c1-12(2)14-10-13(6-7-15(14)23)27-18-5-3-4-16(22-18)20-9-8-17(24)21-11-19(25)26/h3-7,10,12,23H,8-9,11H2,1-2H3,(H,20,22)(H,21,24)(H,25,26). The predicted octanol–water partition coefficient (Wildman–Crippen LogP) is 2.71. The molecule has 1 heterocycles. The fourth-order valence-corrected chi connectivity index (χ4v) is 2.32. The first kappa shape index (κ1) is 20.0. The van der Waals surface area contributed by atoms with Crippen molar-refractivity contribution in [1.82, 2.24) is 10.3 Å². The molecule has 0 fully saturated rings. The van der Waals surface area contributed by atoms with Crippen molar-refractivity contribution < 1.29 is 24.5 Å². The van der Waals surface area contributed by atoms with Crippen LogP contribution in [0.3, 0.4) is 0 Å². The number of amides is 1. The normalized spacial score (nSPS) is 10.5. The first-order chi connectivity index (χ1) is 12.8. The first-order valence-corrected chi connectivity index (χ1v) is 8.55. The number of carboxylic acid groups (broad SMARTS) is 1. The number of ether oxygens (including phenoxy) is 1. The Labute approximate surface area is 157 Å². The molecular formula is C19H23N3O5. The summed E-state index contributed by atoms with van der Waals surface area (Å²) in [4.78, 5) is 26.2. The van der Waals surface area contributed by atoms with Gasteiger partial charge in [-0.3, -0.25) is 9.59 Å². The Morgan fingerprint density at radius 2 is 2.00 bits per heavy atom. The monoisotopic (exact) mass is 373 g/mol. The van der Waals surface area contributed by atoms with Crippen LogP contribution in [0, 0.1) is 0 Å². The lowest BCUT2D eigenvalue weighted by molar-refractivity contribution is -0.137. The van der Waals surface area contributed by atoms with Crippen molar-refractivity contribution in [3.63, 3.8) is 0 Å². The molecule has 2 rings (SSSR count). The maximum Gasteiger partial charge on any atom is 0.322 e. The molecule has 8 heteroatoms. The Bertz CT molecular complexity index is 808. The Morgan fingerprint density at radius 3 is 2.70 bits per heavy atom. The molecule has 4 N–H and O–H groups in total. The Balaban J connectivity index is 1.93. The van der Waals surface area contributed by atoms with Crippen molar-refractivity contribution >= 4 is 17.7 Å². The van der Waals surface area contributed by atoms with Crippen molar-refractivity contribution in [2.45, 2.75) is 26.2 Å². The van der Waals surface area contributed by atoms with E-state index in [2.05, 4.69) is 15.6 Å². The summed E-state index contributed by atoms with van der Waals surface area (Å²) in [5.74, 6) is 0.398. The number of nitrogens with zero attached hydrogens (tertiary/aromatic N) is 1. The van der Waals surface area contributed by atoms with E-state index < -0.39 is 12.5 Å². The van der Waals surface area contributed by atoms with Crippen LogP contribution < -0.4 is 15.4 Å². The summed E-state index contributed by atoms with van der Waals surface area (Å²) < 4.78 is 5.75. The van der Waals surface area contributed by atoms with Crippen LogP contribution in [-0.4, -0.2) is 40.2 Å². The van der Waals surface area contributed by atoms with E-state index in [1.165, 1.54) is 0 Å². The molecule has 0 spiro atoms. The summed E-state index contributed by atoms with van der Waals surface area (Å²) in [6.45, 7) is 3.87. The van der Waals surface area contributed by atoms with E-state index >= 15 is 0 Å². The van der Waals surface area contributed by atoms with Gasteiger partial charge in [0.25, 0.3) is 0 Å². The van der Waals surface area contributed by atoms with Gasteiger partial charge in [0, 0.05) is 24.6 Å². The van der Waals surface area contributed by atoms with Crippen LogP contribution in [0.15, 0.2) is 36.4 Å². The minimum absolute atomic E-state index is 0.121. The molecule has 0 aliphatic rings. The number of carbonyl (C=O) groups is 2. The molecule has 8 nitrogen and oxygen atoms in total. The average molecular weight is 373 g/mol. The van der Waals surface area contributed by atoms with Crippen molar-refractivity contribution in [3.05, 3.63) is 42.0 Å². The number of phenols is 1. The highest BCUT2D eigenvalue weighted by Crippen LogP contribution is 2.31. The first-order valence-electron chi connectivity index (χ1n) is 8.55. The highest BCUT2D eigenvalue weighted by Gasteiger charge is 2.09. The number of phenolic OH excluding ortho intramolecular Hbond substituents is 1. The third kappa shape index (κ3) is 6.50. The summed E-state index contributed by atoms with van der Waals surface area (Å²) in [6, 6.07) is 10.2. The molecule has 0 aliphatic carbocycles. The number of aliphatic carboxylic acids is 1. The van der Waals surface area contributed by atoms with Crippen LogP contribution in [0.4, 0.5) is 5.82 Å². The summed E-state index contributed by atoms with van der Waals surface area (Å²) in [7, 11) is 0. The molecule has 2 aromatic rings. The van der Waals surface area contributed by atoms with E-state index in [1.807, 2.05) is 13.8 Å². The number of anilines is 1. The zero-order valence-electron chi connectivity index (χ0n) is 15.2. The number of pyridine rings is 1. The SMILES string of the molecule is CC(C)c1cc(Oc2cccc(NCCC(=O)NCC(=O)O)n2)ccc1O. The zero-order valence-corrected chi connectivity index (χ0v) is 15.2. The third-order valence-electron chi connectivity index (χ3n) is 3.66. The lowest BCUT2D eigenvalue weighted by Gasteiger charge is -2.12. The molecule has 0 bridgehead atoms. The van der Waals surface area contributed by atoms with Crippen molar-refractivity contribution in [3.8, 4) is 17.4 Å². The second-order valence-corrected chi connectivity index (χ2v) is 6.19. The molecule has 0 saturated carbocycles. The van der Waals surface area contributed by atoms with Crippen LogP contribution in [0.5, 0.6) is 17.4 Å². The van der Waals surface area contributed by atoms with Crippen LogP contribution >= 0.6 is 0 Å². The van der Waals surface area contributed by atoms with Gasteiger partial charge in [-0.2, -0.15) is 4.98 Å². The Hall–Kier alpha value is -3.29. The van der Waals surface area contributed by atoms with Crippen LogP contribution in [-0.2, 0) is 9.59 Å². The van der Waals surface area contributed by atoms with Gasteiger partial charge >= 0.3 is 5.97 Å². The van der Waals surface area contributed by atoms with Gasteiger partial charge in [-0.1, -0.05) is 19.9 Å². The number of carbonyl (C=O) groups excluding carboxylic acids is 1. The molecule has 27 heavy (non-hydrogen) atoms. The average Bonchev–Trinajstić information content (AvgIpc) is 2.62. The highest BCUT2D eigenvalue weighted by atomic mass is 16.5. The fraction of sp³-hybridized carbons (Fsp3) is 0.316. The number of nitrogens with one attached hydrogen (secondary N) is 2. The van der Waals surface area contributed by atoms with E-state index in [1.54, 1.807) is 36.4 Å². The van der Waals surface area contributed by atoms with Gasteiger partial charge in [0.15, 0.2) is 0 Å². The fourth-order valence-electron chi connectivity index (χ4n) is 2.32. The molecule has 0 radical (unpaired) electrons. The maximum atomic E-state index is 11.5. The number of aromatic hydroxyl groups is 1. The Kier molecular flexibility index (Phi) is 6.99. The minimum Gasteiger partial charge on any atom is -0.508 e. The molecule has 0 saturated heterocycles. The van der Waals surface area contributed by atoms with Gasteiger partial charge in [-0.25, -0.2) is 0 Å². The highest BCUT2D eigenvalue weighted by molar-refractivity contribution is 5.81. The van der Waals surface area contributed by atoms with Gasteiger partial charge < -0.3 is 25.6 Å². The quantitative estimate of drug-likeness (QED) is 0.533. The molecule has 144 valence electrons. The molecular weight excluding hydrogens is 350 g/mol. The van der Waals surface area contributed by atoms with Crippen molar-refractivity contribution in [2.75, 3.05) is 18.4 Å². The largest absolute Gasteiger partial charge is 0.508 e. The van der Waals surface area contributed by atoms with Crippen molar-refractivity contribution in [2.24, 2.45) is 0 Å². The maximum absolute atomic E-state index is 11.5. The van der Waals surface area contributed by atoms with Gasteiger partial charge in [-0.05, 0) is 30.2 Å². The number of hydrogen-bond acceptors (Lipinski definition) is 6. The molecule has 0 atom stereocenters. The number of hydrogen-bond donors (Lipinski definition) is 4. The van der Waals surface area contributed by atoms with Gasteiger partial charge in [0.1, 0.15) is 23.9 Å². The summed E-state index contributed by atoms with van der Waals surface area (Å²) in [6.07, 6.45) is 0.121. The lowest BCUT2D eigenvalue weighted by Crippen LogP contribution is -2.30. The topological polar surface area (TPSA) is 121 Å². The summed E-state index contributed by atoms with van der Waals surface area (Å²) >= 11 is 0. The summed E-state index contributed by atoms with van der Waals surface area (Å²) in [5, 5.41) is 23.7. The Morgan fingerprint density at radius 1 is 1.22 bits per heavy atom. The number of benzene rings is 1. The number of carboxylic acids is 1. The van der Waals surface area contributed by atoms with E-state index in [9.17, 15) is 14.7 Å². The van der Waals surface area contributed by atoms with E-state index in [4.69, 9.17) is 9.84 Å². The molecule has 1 amide bonds.